The monoisotopic (exact) mass is 1880 g/mol. The maximum absolute atomic E-state index is 12.5. The molecule has 0 bridgehead atoms. The number of anilines is 5. The Labute approximate surface area is 806 Å². The van der Waals surface area contributed by atoms with Crippen molar-refractivity contribution >= 4 is 98.5 Å². The molecule has 0 radical (unpaired) electrons. The number of hydroxylamine groups is 4. The Morgan fingerprint density at radius 2 is 0.618 bits per heavy atom. The van der Waals surface area contributed by atoms with Gasteiger partial charge in [-0.2, -0.15) is 0 Å². The van der Waals surface area contributed by atoms with Crippen molar-refractivity contribution in [2.75, 3.05) is 89.8 Å². The van der Waals surface area contributed by atoms with E-state index in [9.17, 15) is 47.9 Å². The SMILES string of the molecule is CCN(Cc1ccc(OC)cc1)C(=O)CCC(=O)CCc1ccc(N)cc1.CCN(Cc1cccc(OC)c1)C(=O)CCC(=O)CCc1ccc(N)cc1.CCN(Cc1ccccn1)C(=O)CCC(=O)CCc1ccc(N)cc1.CCN(OCc1cc(OC)ccc1OC)C(=O)CCC(=O)CCc1ccc(N)cc1.CCN(OCc1cccc(Cl)c1)C(=O)CCC(=O)CCc1ccc(N)cc1. The van der Waals surface area contributed by atoms with E-state index in [0.29, 0.717) is 162 Å². The van der Waals surface area contributed by atoms with Gasteiger partial charge in [0, 0.05) is 187 Å². The summed E-state index contributed by atoms with van der Waals surface area (Å²) < 4.78 is 20.9. The zero-order valence-electron chi connectivity index (χ0n) is 80.2. The average molecular weight is 1880 g/mol. The average Bonchev–Trinajstić information content (AvgIpc) is 0.854. The van der Waals surface area contributed by atoms with E-state index in [0.717, 1.165) is 67.3 Å². The molecule has 9 aromatic carbocycles. The first-order valence-electron chi connectivity index (χ1n) is 46.2. The number of pyridine rings is 1. The predicted octanol–water partition coefficient (Wildman–Crippen LogP) is 17.9. The van der Waals surface area contributed by atoms with Crippen LogP contribution in [0.5, 0.6) is 23.0 Å². The van der Waals surface area contributed by atoms with Crippen molar-refractivity contribution < 1.29 is 76.6 Å². The van der Waals surface area contributed by atoms with Gasteiger partial charge in [-0.25, -0.2) is 10.1 Å². The molecule has 0 aliphatic rings. The summed E-state index contributed by atoms with van der Waals surface area (Å²) in [6.45, 7) is 14.1. The van der Waals surface area contributed by atoms with Crippen LogP contribution in [0.15, 0.2) is 237 Å². The van der Waals surface area contributed by atoms with Crippen LogP contribution < -0.4 is 47.6 Å². The van der Waals surface area contributed by atoms with Crippen molar-refractivity contribution in [1.29, 1.82) is 0 Å². The van der Waals surface area contributed by atoms with Crippen LogP contribution in [0, 0.1) is 0 Å². The van der Waals surface area contributed by atoms with Gasteiger partial charge in [0.05, 0.1) is 40.7 Å². The van der Waals surface area contributed by atoms with Crippen LogP contribution in [-0.4, -0.2) is 149 Å². The molecule has 0 fully saturated rings. The Morgan fingerprint density at radius 3 is 0.963 bits per heavy atom. The van der Waals surface area contributed by atoms with E-state index in [4.69, 9.17) is 68.9 Å². The largest absolute Gasteiger partial charge is 0.497 e. The summed E-state index contributed by atoms with van der Waals surface area (Å²) >= 11 is 5.94. The van der Waals surface area contributed by atoms with Gasteiger partial charge in [0.2, 0.25) is 29.5 Å². The topological polar surface area (TPSA) is 385 Å². The summed E-state index contributed by atoms with van der Waals surface area (Å²) in [6, 6.07) is 71.2. The number of amides is 5. The van der Waals surface area contributed by atoms with Gasteiger partial charge in [-0.3, -0.25) is 62.6 Å². The van der Waals surface area contributed by atoms with E-state index in [2.05, 4.69) is 4.98 Å². The number of hydrogen-bond acceptors (Lipinski definition) is 22. The molecule has 0 unspecified atom stereocenters. The number of aromatic nitrogens is 1. The molecule has 27 nitrogen and oxygen atoms in total. The normalized spacial score (nSPS) is 10.5. The molecule has 0 saturated heterocycles. The maximum Gasteiger partial charge on any atom is 0.246 e. The number of benzene rings is 9. The zero-order valence-corrected chi connectivity index (χ0v) is 81.0. The van der Waals surface area contributed by atoms with Crippen LogP contribution in [0.25, 0.3) is 0 Å². The lowest BCUT2D eigenvalue weighted by Gasteiger charge is -2.21. The van der Waals surface area contributed by atoms with Crippen molar-refractivity contribution in [1.82, 2.24) is 29.8 Å². The van der Waals surface area contributed by atoms with Gasteiger partial charge < -0.3 is 62.3 Å². The van der Waals surface area contributed by atoms with E-state index < -0.39 is 0 Å². The fraction of sp³-hybridized carbons (Fsp3) is 0.361. The number of methoxy groups -OCH3 is 4. The molecule has 136 heavy (non-hydrogen) atoms. The second-order valence-corrected chi connectivity index (χ2v) is 32.6. The standard InChI is InChI=1S/C23H30N2O5.2C22H28N2O3.C21H25ClN2O3.C20H25N3O2/c1-4-25(30-16-18-15-21(28-2)12-13-22(18)29-3)23(27)14-11-20(26)10-7-17-5-8-19(24)9-6-17;1-3-24(16-18-7-13-21(27-2)14-8-18)22(26)15-12-20(25)11-6-17-4-9-19(23)10-5-17;1-3-24(16-18-5-4-6-21(15-18)27-2)22(26)14-13-20(25)12-9-17-7-10-19(23)11-8-17;1-2-24(27-15-17-4-3-5-18(22)14-17)21(26)13-12-20(25)11-8-16-6-9-19(23)10-7-16;1-2-23(15-18-5-3-4-14-22-18)20(25)13-12-19(24)11-8-16-6-9-17(21)10-7-16/h5-6,8-9,12-13,15H,4,7,10-11,14,16,24H2,1-3H3;4-5,7-10,13-14H,3,6,11-12,15-16,23H2,1-2H3;4-8,10-11,15H,3,9,12-14,16,23H2,1-2H3;3-7,9-10,14H,2,8,11-13,15,23H2,1H3;3-7,9-10,14H,2,8,11-13,15,21H2,1H3. The van der Waals surface area contributed by atoms with E-state index in [-0.39, 0.29) is 136 Å². The lowest BCUT2D eigenvalue weighted by molar-refractivity contribution is -0.190. The highest BCUT2D eigenvalue weighted by Gasteiger charge is 2.22. The number of nitrogens with zero attached hydrogens (tertiary/aromatic N) is 6. The van der Waals surface area contributed by atoms with Gasteiger partial charge in [0.25, 0.3) is 0 Å². The third-order valence-electron chi connectivity index (χ3n) is 22.0. The molecule has 28 heteroatoms. The highest BCUT2D eigenvalue weighted by molar-refractivity contribution is 6.30. The van der Waals surface area contributed by atoms with E-state index >= 15 is 0 Å². The summed E-state index contributed by atoms with van der Waals surface area (Å²) in [6.07, 6.45) is 9.44. The number of hydrogen-bond donors (Lipinski definition) is 5. The highest BCUT2D eigenvalue weighted by Crippen LogP contribution is 2.27. The molecule has 0 aliphatic carbocycles. The van der Waals surface area contributed by atoms with Crippen LogP contribution in [0.1, 0.15) is 187 Å². The summed E-state index contributed by atoms with van der Waals surface area (Å²) in [5, 5.41) is 3.21. The molecule has 10 N–H and O–H groups in total. The third kappa shape index (κ3) is 43.9. The Bertz CT molecular complexity index is 5310. The van der Waals surface area contributed by atoms with Crippen LogP contribution >= 0.6 is 11.6 Å². The number of halogens is 1. The summed E-state index contributed by atoms with van der Waals surface area (Å²) in [7, 11) is 6.40. The molecule has 10 rings (SSSR count). The van der Waals surface area contributed by atoms with E-state index in [1.165, 1.54) is 10.1 Å². The number of ether oxygens (including phenoxy) is 4. The van der Waals surface area contributed by atoms with Crippen molar-refractivity contribution in [2.24, 2.45) is 0 Å². The molecule has 0 aliphatic heterocycles. The Hall–Kier alpha value is -13.8. The van der Waals surface area contributed by atoms with Crippen LogP contribution in [0.3, 0.4) is 0 Å². The van der Waals surface area contributed by atoms with Gasteiger partial charge >= 0.3 is 0 Å². The number of carbonyl (C=O) groups is 10. The Balaban J connectivity index is 0.000000261. The fourth-order valence-electron chi connectivity index (χ4n) is 13.8. The smallest absolute Gasteiger partial charge is 0.246 e. The Kier molecular flexibility index (Phi) is 51.1. The molecule has 1 heterocycles. The lowest BCUT2D eigenvalue weighted by atomic mass is 10.0. The summed E-state index contributed by atoms with van der Waals surface area (Å²) in [5.41, 5.74) is 41.7. The zero-order chi connectivity index (χ0) is 98.9. The molecule has 1 aromatic heterocycles. The number of rotatable bonds is 51. The van der Waals surface area contributed by atoms with Crippen LogP contribution in [-0.2, 0) is 123 Å². The van der Waals surface area contributed by atoms with E-state index in [1.54, 1.807) is 79.7 Å². The third-order valence-corrected chi connectivity index (χ3v) is 22.3. The molecule has 0 saturated carbocycles. The van der Waals surface area contributed by atoms with E-state index in [1.807, 2.05) is 235 Å². The predicted molar refractivity (Wildman–Crippen MR) is 536 cm³/mol. The van der Waals surface area contributed by atoms with Gasteiger partial charge in [0.15, 0.2) is 0 Å². The van der Waals surface area contributed by atoms with Crippen molar-refractivity contribution in [3.05, 3.63) is 298 Å². The van der Waals surface area contributed by atoms with Gasteiger partial charge in [-0.15, -0.1) is 0 Å². The fourth-order valence-corrected chi connectivity index (χ4v) is 14.0. The minimum Gasteiger partial charge on any atom is -0.497 e. The summed E-state index contributed by atoms with van der Waals surface area (Å²) in [5.74, 6) is 2.92. The van der Waals surface area contributed by atoms with Crippen LogP contribution in [0.4, 0.5) is 28.4 Å². The number of aryl methyl sites for hydroxylation is 5. The molecular weight excluding hydrogens is 1740 g/mol. The molecule has 5 amide bonds. The van der Waals surface area contributed by atoms with Crippen molar-refractivity contribution in [3.8, 4) is 23.0 Å². The summed E-state index contributed by atoms with van der Waals surface area (Å²) in [4.78, 5) is 143. The molecule has 0 atom stereocenters. The number of carbonyl (C=O) groups excluding carboxylic acids is 10. The lowest BCUT2D eigenvalue weighted by Crippen LogP contribution is -2.31. The first kappa shape index (κ1) is 111. The van der Waals surface area contributed by atoms with Gasteiger partial charge in [-0.1, -0.05) is 115 Å². The maximum atomic E-state index is 12.5. The number of nitrogen functional groups attached to an aromatic ring is 5. The van der Waals surface area contributed by atoms with Gasteiger partial charge in [0.1, 0.15) is 65.1 Å². The minimum atomic E-state index is -0.222. The van der Waals surface area contributed by atoms with Gasteiger partial charge in [-0.05, 0) is 239 Å². The minimum absolute atomic E-state index is 0.00107. The van der Waals surface area contributed by atoms with Crippen molar-refractivity contribution in [3.63, 3.8) is 0 Å². The van der Waals surface area contributed by atoms with Crippen molar-refractivity contribution in [2.45, 2.75) is 196 Å². The molecule has 726 valence electrons. The molecule has 10 aromatic rings. The quantitative estimate of drug-likeness (QED) is 0.0175. The number of ketones is 5. The number of nitrogens with two attached hydrogens (primary N) is 5. The first-order chi connectivity index (χ1) is 65.5. The second-order valence-electron chi connectivity index (χ2n) is 32.2. The molecule has 0 spiro atoms. The number of Topliss-reactive ketones (excluding diaryl/α,β-unsaturated/α-hetero) is 5. The first-order valence-corrected chi connectivity index (χ1v) is 46.5. The highest BCUT2D eigenvalue weighted by atomic mass is 35.5. The molecular formula is C108H136ClN11O16. The van der Waals surface area contributed by atoms with Crippen LogP contribution in [0.2, 0.25) is 5.02 Å². The second kappa shape index (κ2) is 62.7. The Morgan fingerprint density at radius 1 is 0.287 bits per heavy atom.